The van der Waals surface area contributed by atoms with Crippen molar-refractivity contribution in [3.05, 3.63) is 39.9 Å². The van der Waals surface area contributed by atoms with E-state index in [4.69, 9.17) is 28.5 Å². The van der Waals surface area contributed by atoms with Gasteiger partial charge in [-0.05, 0) is 11.6 Å². The normalized spacial score (nSPS) is 10.2. The molecule has 0 bridgehead atoms. The average molecular weight is 212 g/mol. The molecule has 0 saturated heterocycles. The lowest BCUT2D eigenvalue weighted by Gasteiger charge is -1.98. The minimum Gasteiger partial charge on any atom is -0.198 e. The molecule has 1 rings (SSSR count). The SMILES string of the molecule is N#CCC=Cc1cccc(Cl)c1Cl. The highest BCUT2D eigenvalue weighted by atomic mass is 35.5. The van der Waals surface area contributed by atoms with E-state index >= 15 is 0 Å². The number of nitrogens with zero attached hydrogens (tertiary/aromatic N) is 1. The molecule has 0 unspecified atom stereocenters. The van der Waals surface area contributed by atoms with Gasteiger partial charge in [-0.3, -0.25) is 0 Å². The number of halogens is 2. The smallest absolute Gasteiger partial charge is 0.0664 e. The summed E-state index contributed by atoms with van der Waals surface area (Å²) >= 11 is 11.7. The largest absolute Gasteiger partial charge is 0.198 e. The van der Waals surface area contributed by atoms with Crippen LogP contribution in [0.1, 0.15) is 12.0 Å². The van der Waals surface area contributed by atoms with E-state index in [1.54, 1.807) is 18.2 Å². The first-order valence-corrected chi connectivity index (χ1v) is 4.49. The van der Waals surface area contributed by atoms with Gasteiger partial charge in [-0.15, -0.1) is 0 Å². The van der Waals surface area contributed by atoms with Crippen LogP contribution in [0.5, 0.6) is 0 Å². The van der Waals surface area contributed by atoms with Gasteiger partial charge >= 0.3 is 0 Å². The summed E-state index contributed by atoms with van der Waals surface area (Å²) in [5, 5.41) is 9.36. The molecule has 1 aromatic rings. The standard InChI is InChI=1S/C10H7Cl2N/c11-9-6-3-5-8(10(9)12)4-1-2-7-13/h1,3-6H,2H2. The number of allylic oxidation sites excluding steroid dienone is 1. The molecule has 13 heavy (non-hydrogen) atoms. The van der Waals surface area contributed by atoms with E-state index in [-0.39, 0.29) is 0 Å². The summed E-state index contributed by atoms with van der Waals surface area (Å²) in [6.45, 7) is 0. The second kappa shape index (κ2) is 4.91. The molecule has 0 spiro atoms. The maximum absolute atomic E-state index is 8.31. The second-order valence-corrected chi connectivity index (χ2v) is 3.19. The van der Waals surface area contributed by atoms with Crippen molar-refractivity contribution in [3.8, 4) is 6.07 Å². The molecule has 0 saturated carbocycles. The molecule has 0 N–H and O–H groups in total. The van der Waals surface area contributed by atoms with Gasteiger partial charge in [0.1, 0.15) is 0 Å². The van der Waals surface area contributed by atoms with Crippen LogP contribution in [0.25, 0.3) is 6.08 Å². The summed E-state index contributed by atoms with van der Waals surface area (Å²) < 4.78 is 0. The molecule has 3 heteroatoms. The Bertz CT molecular complexity index is 364. The van der Waals surface area contributed by atoms with Gasteiger partial charge in [-0.2, -0.15) is 5.26 Å². The van der Waals surface area contributed by atoms with Crippen LogP contribution < -0.4 is 0 Å². The topological polar surface area (TPSA) is 23.8 Å². The quantitative estimate of drug-likeness (QED) is 0.728. The number of hydrogen-bond donors (Lipinski definition) is 0. The zero-order valence-corrected chi connectivity index (χ0v) is 8.31. The summed E-state index contributed by atoms with van der Waals surface area (Å²) in [6.07, 6.45) is 3.91. The van der Waals surface area contributed by atoms with E-state index in [2.05, 4.69) is 0 Å². The zero-order valence-electron chi connectivity index (χ0n) is 6.80. The van der Waals surface area contributed by atoms with Crippen LogP contribution in [0.4, 0.5) is 0 Å². The minimum absolute atomic E-state index is 0.378. The van der Waals surface area contributed by atoms with Gasteiger partial charge in [0.25, 0.3) is 0 Å². The van der Waals surface area contributed by atoms with E-state index in [1.807, 2.05) is 18.2 Å². The number of benzene rings is 1. The maximum Gasteiger partial charge on any atom is 0.0664 e. The Morgan fingerprint density at radius 2 is 2.15 bits per heavy atom. The minimum atomic E-state index is 0.378. The molecule has 0 fully saturated rings. The Balaban J connectivity index is 2.90. The molecule has 0 radical (unpaired) electrons. The van der Waals surface area contributed by atoms with Crippen LogP contribution in [0, 0.1) is 11.3 Å². The second-order valence-electron chi connectivity index (χ2n) is 2.41. The zero-order chi connectivity index (χ0) is 9.68. The van der Waals surface area contributed by atoms with Gasteiger partial charge in [-0.1, -0.05) is 47.5 Å². The number of nitriles is 1. The summed E-state index contributed by atoms with van der Waals surface area (Å²) in [5.74, 6) is 0. The van der Waals surface area contributed by atoms with Crippen LogP contribution in [0.3, 0.4) is 0 Å². The van der Waals surface area contributed by atoms with Crippen LogP contribution in [-0.4, -0.2) is 0 Å². The molecule has 0 heterocycles. The Hall–Kier alpha value is -0.970. The van der Waals surface area contributed by atoms with Crippen molar-refractivity contribution in [2.24, 2.45) is 0 Å². The highest BCUT2D eigenvalue weighted by Gasteiger charge is 1.99. The lowest BCUT2D eigenvalue weighted by molar-refractivity contribution is 1.36. The van der Waals surface area contributed by atoms with Crippen LogP contribution >= 0.6 is 23.2 Å². The summed E-state index contributed by atoms with van der Waals surface area (Å²) in [6, 6.07) is 7.41. The Kier molecular flexibility index (Phi) is 3.82. The van der Waals surface area contributed by atoms with Crippen LogP contribution in [-0.2, 0) is 0 Å². The summed E-state index contributed by atoms with van der Waals surface area (Å²) in [4.78, 5) is 0. The first-order chi connectivity index (χ1) is 6.25. The molecule has 1 nitrogen and oxygen atoms in total. The summed E-state index contributed by atoms with van der Waals surface area (Å²) in [5.41, 5.74) is 0.837. The van der Waals surface area contributed by atoms with Crippen molar-refractivity contribution in [2.45, 2.75) is 6.42 Å². The van der Waals surface area contributed by atoms with Gasteiger partial charge in [0.15, 0.2) is 0 Å². The van der Waals surface area contributed by atoms with E-state index < -0.39 is 0 Å². The lowest BCUT2D eigenvalue weighted by Crippen LogP contribution is -1.75. The molecule has 0 aliphatic carbocycles. The van der Waals surface area contributed by atoms with Gasteiger partial charge in [0.05, 0.1) is 22.5 Å². The number of hydrogen-bond acceptors (Lipinski definition) is 1. The fourth-order valence-corrected chi connectivity index (χ4v) is 1.26. The third-order valence-electron chi connectivity index (χ3n) is 1.49. The van der Waals surface area contributed by atoms with Crippen molar-refractivity contribution in [1.29, 1.82) is 5.26 Å². The third-order valence-corrected chi connectivity index (χ3v) is 2.32. The number of rotatable bonds is 2. The molecular weight excluding hydrogens is 205 g/mol. The van der Waals surface area contributed by atoms with Crippen LogP contribution in [0.2, 0.25) is 10.0 Å². The fraction of sp³-hybridized carbons (Fsp3) is 0.100. The van der Waals surface area contributed by atoms with E-state index in [9.17, 15) is 0 Å². The van der Waals surface area contributed by atoms with Crippen molar-refractivity contribution >= 4 is 29.3 Å². The summed E-state index contributed by atoms with van der Waals surface area (Å²) in [7, 11) is 0. The monoisotopic (exact) mass is 211 g/mol. The predicted octanol–water partition coefficient (Wildman–Crippen LogP) is 3.92. The fourth-order valence-electron chi connectivity index (χ4n) is 0.888. The van der Waals surface area contributed by atoms with E-state index in [1.165, 1.54) is 0 Å². The Morgan fingerprint density at radius 3 is 2.85 bits per heavy atom. The van der Waals surface area contributed by atoms with Crippen LogP contribution in [0.15, 0.2) is 24.3 Å². The van der Waals surface area contributed by atoms with Crippen molar-refractivity contribution in [3.63, 3.8) is 0 Å². The lowest BCUT2D eigenvalue weighted by atomic mass is 10.2. The van der Waals surface area contributed by atoms with Crippen molar-refractivity contribution < 1.29 is 0 Å². The molecule has 66 valence electrons. The maximum atomic E-state index is 8.31. The van der Waals surface area contributed by atoms with Crippen molar-refractivity contribution in [1.82, 2.24) is 0 Å². The molecule has 1 aromatic carbocycles. The van der Waals surface area contributed by atoms with Gasteiger partial charge < -0.3 is 0 Å². The molecule has 0 amide bonds. The Labute approximate surface area is 87.2 Å². The van der Waals surface area contributed by atoms with Gasteiger partial charge in [0, 0.05) is 0 Å². The van der Waals surface area contributed by atoms with E-state index in [0.717, 1.165) is 5.56 Å². The molecular formula is C10H7Cl2N. The highest BCUT2D eigenvalue weighted by molar-refractivity contribution is 6.42. The predicted molar refractivity (Wildman–Crippen MR) is 55.7 cm³/mol. The van der Waals surface area contributed by atoms with Gasteiger partial charge in [0.2, 0.25) is 0 Å². The first kappa shape index (κ1) is 10.1. The molecule has 0 aliphatic rings. The average Bonchev–Trinajstić information content (AvgIpc) is 2.13. The molecule has 0 atom stereocenters. The third kappa shape index (κ3) is 2.77. The van der Waals surface area contributed by atoms with E-state index in [0.29, 0.717) is 16.5 Å². The first-order valence-electron chi connectivity index (χ1n) is 3.73. The highest BCUT2D eigenvalue weighted by Crippen LogP contribution is 2.26. The molecule has 0 aromatic heterocycles. The molecule has 0 aliphatic heterocycles. The Morgan fingerprint density at radius 1 is 1.38 bits per heavy atom. The van der Waals surface area contributed by atoms with Crippen molar-refractivity contribution in [2.75, 3.05) is 0 Å². The van der Waals surface area contributed by atoms with Gasteiger partial charge in [-0.25, -0.2) is 0 Å².